The predicted octanol–water partition coefficient (Wildman–Crippen LogP) is 2.47. The molecule has 0 saturated carbocycles. The van der Waals surface area contributed by atoms with Crippen LogP contribution >= 0.6 is 0 Å². The van der Waals surface area contributed by atoms with Gasteiger partial charge in [0, 0.05) is 5.56 Å². The van der Waals surface area contributed by atoms with E-state index in [0.29, 0.717) is 36.8 Å². The summed E-state index contributed by atoms with van der Waals surface area (Å²) in [6.07, 6.45) is 0.728. The number of amides is 1. The largest absolute Gasteiger partial charge is 0.492 e. The van der Waals surface area contributed by atoms with E-state index in [1.54, 1.807) is 18.2 Å². The van der Waals surface area contributed by atoms with Gasteiger partial charge in [0.15, 0.2) is 18.1 Å². The monoisotopic (exact) mass is 343 g/mol. The van der Waals surface area contributed by atoms with Crippen LogP contribution in [0.25, 0.3) is 0 Å². The van der Waals surface area contributed by atoms with Crippen molar-refractivity contribution in [2.24, 2.45) is 0 Å². The van der Waals surface area contributed by atoms with Gasteiger partial charge in [-0.3, -0.25) is 9.59 Å². The molecular weight excluding hydrogens is 322 g/mol. The van der Waals surface area contributed by atoms with Crippen LogP contribution in [0.3, 0.4) is 0 Å². The molecule has 0 bridgehead atoms. The van der Waals surface area contributed by atoms with Crippen molar-refractivity contribution in [3.8, 4) is 17.2 Å². The fourth-order valence-corrected chi connectivity index (χ4v) is 2.06. The molecule has 0 aliphatic rings. The Bertz CT molecular complexity index is 687. The molecule has 2 aromatic rings. The third-order valence-electron chi connectivity index (χ3n) is 3.20. The van der Waals surface area contributed by atoms with Crippen molar-refractivity contribution in [3.63, 3.8) is 0 Å². The highest BCUT2D eigenvalue weighted by atomic mass is 16.5. The zero-order chi connectivity index (χ0) is 17.9. The van der Waals surface area contributed by atoms with E-state index in [4.69, 9.17) is 14.2 Å². The van der Waals surface area contributed by atoms with Crippen LogP contribution in [0.2, 0.25) is 0 Å². The number of carbonyl (C=O) groups excluding carboxylic acids is 2. The number of hydrogen-bond donors (Lipinski definition) is 1. The van der Waals surface area contributed by atoms with Crippen molar-refractivity contribution in [1.29, 1.82) is 0 Å². The van der Waals surface area contributed by atoms with E-state index in [0.717, 1.165) is 12.0 Å². The van der Waals surface area contributed by atoms with Crippen molar-refractivity contribution >= 4 is 12.2 Å². The SMILES string of the molecule is CCOc1cc(C=O)ccc1OCC(=O)NCCOc1ccccc1. The summed E-state index contributed by atoms with van der Waals surface area (Å²) >= 11 is 0. The van der Waals surface area contributed by atoms with E-state index >= 15 is 0 Å². The van der Waals surface area contributed by atoms with E-state index < -0.39 is 0 Å². The number of hydrogen-bond acceptors (Lipinski definition) is 5. The summed E-state index contributed by atoms with van der Waals surface area (Å²) in [5.74, 6) is 1.35. The Morgan fingerprint density at radius 2 is 1.84 bits per heavy atom. The Balaban J connectivity index is 1.75. The Morgan fingerprint density at radius 3 is 2.56 bits per heavy atom. The highest BCUT2D eigenvalue weighted by Gasteiger charge is 2.09. The number of rotatable bonds is 10. The fourth-order valence-electron chi connectivity index (χ4n) is 2.06. The van der Waals surface area contributed by atoms with E-state index in [-0.39, 0.29) is 12.5 Å². The zero-order valence-corrected chi connectivity index (χ0v) is 14.1. The van der Waals surface area contributed by atoms with Crippen LogP contribution in [0, 0.1) is 0 Å². The van der Waals surface area contributed by atoms with Crippen molar-refractivity contribution in [3.05, 3.63) is 54.1 Å². The Kier molecular flexibility index (Phi) is 7.31. The van der Waals surface area contributed by atoms with Gasteiger partial charge in [-0.25, -0.2) is 0 Å². The van der Waals surface area contributed by atoms with E-state index in [1.165, 1.54) is 0 Å². The average molecular weight is 343 g/mol. The van der Waals surface area contributed by atoms with Gasteiger partial charge in [-0.05, 0) is 37.3 Å². The summed E-state index contributed by atoms with van der Waals surface area (Å²) < 4.78 is 16.4. The van der Waals surface area contributed by atoms with Crippen LogP contribution in [-0.4, -0.2) is 38.6 Å². The normalized spacial score (nSPS) is 9.96. The molecule has 0 saturated heterocycles. The third-order valence-corrected chi connectivity index (χ3v) is 3.20. The lowest BCUT2D eigenvalue weighted by Gasteiger charge is -2.12. The Hall–Kier alpha value is -3.02. The molecule has 1 N–H and O–H groups in total. The average Bonchev–Trinajstić information content (AvgIpc) is 2.65. The fraction of sp³-hybridized carbons (Fsp3) is 0.263. The van der Waals surface area contributed by atoms with Crippen molar-refractivity contribution < 1.29 is 23.8 Å². The molecule has 2 aromatic carbocycles. The highest BCUT2D eigenvalue weighted by Crippen LogP contribution is 2.27. The zero-order valence-electron chi connectivity index (χ0n) is 14.1. The molecule has 2 rings (SSSR count). The van der Waals surface area contributed by atoms with Gasteiger partial charge in [-0.2, -0.15) is 0 Å². The van der Waals surface area contributed by atoms with Gasteiger partial charge >= 0.3 is 0 Å². The molecule has 6 heteroatoms. The molecule has 0 fully saturated rings. The van der Waals surface area contributed by atoms with Gasteiger partial charge in [0.1, 0.15) is 18.6 Å². The van der Waals surface area contributed by atoms with E-state index in [9.17, 15) is 9.59 Å². The maximum absolute atomic E-state index is 11.8. The lowest BCUT2D eigenvalue weighted by Crippen LogP contribution is -2.32. The number of para-hydroxylation sites is 1. The predicted molar refractivity (Wildman–Crippen MR) is 93.4 cm³/mol. The van der Waals surface area contributed by atoms with E-state index in [2.05, 4.69) is 5.32 Å². The second-order valence-electron chi connectivity index (χ2n) is 5.06. The number of benzene rings is 2. The number of nitrogens with one attached hydrogen (secondary N) is 1. The summed E-state index contributed by atoms with van der Waals surface area (Å²) in [4.78, 5) is 22.6. The Labute approximate surface area is 146 Å². The van der Waals surface area contributed by atoms with Gasteiger partial charge in [-0.1, -0.05) is 18.2 Å². The summed E-state index contributed by atoms with van der Waals surface area (Å²) in [5, 5.41) is 2.71. The van der Waals surface area contributed by atoms with Crippen LogP contribution in [0.4, 0.5) is 0 Å². The third kappa shape index (κ3) is 6.18. The molecule has 0 aliphatic heterocycles. The molecule has 25 heavy (non-hydrogen) atoms. The molecule has 0 spiro atoms. The van der Waals surface area contributed by atoms with Crippen LogP contribution in [0.15, 0.2) is 48.5 Å². The molecule has 132 valence electrons. The maximum Gasteiger partial charge on any atom is 0.258 e. The van der Waals surface area contributed by atoms with Gasteiger partial charge in [0.25, 0.3) is 5.91 Å². The number of aldehydes is 1. The minimum atomic E-state index is -0.265. The highest BCUT2D eigenvalue weighted by molar-refractivity contribution is 5.78. The maximum atomic E-state index is 11.8. The molecule has 0 atom stereocenters. The number of carbonyl (C=O) groups is 2. The summed E-state index contributed by atoms with van der Waals surface area (Å²) in [7, 11) is 0. The minimum Gasteiger partial charge on any atom is -0.492 e. The molecule has 0 aliphatic carbocycles. The molecule has 0 radical (unpaired) electrons. The standard InChI is InChI=1S/C19H21NO5/c1-2-23-18-12-15(13-21)8-9-17(18)25-14-19(22)20-10-11-24-16-6-4-3-5-7-16/h3-9,12-13H,2,10-11,14H2,1H3,(H,20,22). The smallest absolute Gasteiger partial charge is 0.258 e. The van der Waals surface area contributed by atoms with Gasteiger partial charge in [0.2, 0.25) is 0 Å². The van der Waals surface area contributed by atoms with E-state index in [1.807, 2.05) is 37.3 Å². The van der Waals surface area contributed by atoms with Crippen LogP contribution in [0.1, 0.15) is 17.3 Å². The van der Waals surface area contributed by atoms with Crippen LogP contribution in [0.5, 0.6) is 17.2 Å². The van der Waals surface area contributed by atoms with Crippen molar-refractivity contribution in [2.75, 3.05) is 26.4 Å². The van der Waals surface area contributed by atoms with Gasteiger partial charge in [-0.15, -0.1) is 0 Å². The molecule has 0 aromatic heterocycles. The first-order chi connectivity index (χ1) is 12.2. The summed E-state index contributed by atoms with van der Waals surface area (Å²) in [6.45, 7) is 2.86. The van der Waals surface area contributed by atoms with Crippen molar-refractivity contribution in [2.45, 2.75) is 6.92 Å². The van der Waals surface area contributed by atoms with Gasteiger partial charge in [0.05, 0.1) is 13.2 Å². The summed E-state index contributed by atoms with van der Waals surface area (Å²) in [5.41, 5.74) is 0.485. The second-order valence-corrected chi connectivity index (χ2v) is 5.06. The summed E-state index contributed by atoms with van der Waals surface area (Å²) in [6, 6.07) is 14.2. The topological polar surface area (TPSA) is 73.9 Å². The molecule has 1 amide bonds. The molecular formula is C19H21NO5. The first kappa shape index (κ1) is 18.3. The van der Waals surface area contributed by atoms with Crippen LogP contribution in [-0.2, 0) is 4.79 Å². The lowest BCUT2D eigenvalue weighted by molar-refractivity contribution is -0.123. The van der Waals surface area contributed by atoms with Crippen LogP contribution < -0.4 is 19.5 Å². The first-order valence-electron chi connectivity index (χ1n) is 8.02. The Morgan fingerprint density at radius 1 is 1.04 bits per heavy atom. The lowest BCUT2D eigenvalue weighted by atomic mass is 10.2. The number of ether oxygens (including phenoxy) is 3. The first-order valence-corrected chi connectivity index (χ1v) is 8.02. The molecule has 0 heterocycles. The molecule has 0 unspecified atom stereocenters. The molecule has 6 nitrogen and oxygen atoms in total. The van der Waals surface area contributed by atoms with Crippen molar-refractivity contribution in [1.82, 2.24) is 5.32 Å². The second kappa shape index (κ2) is 9.97. The van der Waals surface area contributed by atoms with Gasteiger partial charge < -0.3 is 19.5 Å². The minimum absolute atomic E-state index is 0.147. The quantitative estimate of drug-likeness (QED) is 0.530.